The van der Waals surface area contributed by atoms with Crippen molar-refractivity contribution in [3.05, 3.63) is 62.6 Å². The summed E-state index contributed by atoms with van der Waals surface area (Å²) in [5.41, 5.74) is 2.21. The first-order valence-electron chi connectivity index (χ1n) is 6.53. The number of halogens is 1. The van der Waals surface area contributed by atoms with Crippen LogP contribution in [0.1, 0.15) is 4.88 Å². The number of thiophene rings is 2. The summed E-state index contributed by atoms with van der Waals surface area (Å²) in [4.78, 5) is 7.39. The van der Waals surface area contributed by atoms with Gasteiger partial charge in [-0.3, -0.25) is 0 Å². The number of imidazole rings is 1. The number of nitrogens with zero attached hydrogens (tertiary/aromatic N) is 2. The van der Waals surface area contributed by atoms with Gasteiger partial charge in [-0.1, -0.05) is 28.1 Å². The Morgan fingerprint density at radius 1 is 1.05 bits per heavy atom. The van der Waals surface area contributed by atoms with Crippen molar-refractivity contribution in [3.63, 3.8) is 0 Å². The molecule has 2 nitrogen and oxygen atoms in total. The highest BCUT2D eigenvalue weighted by atomic mass is 79.9. The molecule has 21 heavy (non-hydrogen) atoms. The topological polar surface area (TPSA) is 17.8 Å². The standard InChI is InChI=1S/C16H11BrN2S2/c17-11-5-6-14-13(9-11)18-16(15-4-2-8-21-15)19(14)10-12-3-1-7-20-12/h1-9H,10H2. The van der Waals surface area contributed by atoms with Gasteiger partial charge in [0.25, 0.3) is 0 Å². The molecule has 0 spiro atoms. The Morgan fingerprint density at radius 3 is 2.67 bits per heavy atom. The molecule has 4 aromatic rings. The summed E-state index contributed by atoms with van der Waals surface area (Å²) in [7, 11) is 0. The average molecular weight is 375 g/mol. The Balaban J connectivity index is 1.94. The van der Waals surface area contributed by atoms with Crippen LogP contribution in [-0.2, 0) is 6.54 Å². The lowest BCUT2D eigenvalue weighted by Gasteiger charge is -2.06. The van der Waals surface area contributed by atoms with Crippen LogP contribution in [0.15, 0.2) is 57.7 Å². The number of aromatic nitrogens is 2. The minimum absolute atomic E-state index is 0.864. The van der Waals surface area contributed by atoms with Crippen molar-refractivity contribution in [2.45, 2.75) is 6.54 Å². The molecule has 0 aliphatic carbocycles. The molecule has 0 bridgehead atoms. The van der Waals surface area contributed by atoms with Crippen LogP contribution in [0, 0.1) is 0 Å². The van der Waals surface area contributed by atoms with E-state index in [1.807, 2.05) is 0 Å². The fourth-order valence-electron chi connectivity index (χ4n) is 2.42. The Labute approximate surface area is 138 Å². The van der Waals surface area contributed by atoms with Gasteiger partial charge in [0.1, 0.15) is 0 Å². The monoisotopic (exact) mass is 374 g/mol. The van der Waals surface area contributed by atoms with Crippen LogP contribution in [0.5, 0.6) is 0 Å². The molecule has 3 heterocycles. The molecule has 4 rings (SSSR count). The molecule has 0 atom stereocenters. The van der Waals surface area contributed by atoms with Crippen molar-refractivity contribution < 1.29 is 0 Å². The molecular weight excluding hydrogens is 364 g/mol. The number of fused-ring (bicyclic) bond motifs is 1. The second-order valence-corrected chi connectivity index (χ2v) is 7.61. The van der Waals surface area contributed by atoms with Crippen LogP contribution in [0.25, 0.3) is 21.7 Å². The van der Waals surface area contributed by atoms with E-state index in [1.165, 1.54) is 15.3 Å². The Bertz CT molecular complexity index is 877. The third-order valence-corrected chi connectivity index (χ3v) is 5.57. The van der Waals surface area contributed by atoms with Gasteiger partial charge in [0, 0.05) is 9.35 Å². The predicted molar refractivity (Wildman–Crippen MR) is 94.2 cm³/mol. The zero-order chi connectivity index (χ0) is 14.2. The van der Waals surface area contributed by atoms with Gasteiger partial charge < -0.3 is 4.57 Å². The smallest absolute Gasteiger partial charge is 0.151 e. The van der Waals surface area contributed by atoms with Crippen molar-refractivity contribution in [1.29, 1.82) is 0 Å². The maximum Gasteiger partial charge on any atom is 0.151 e. The van der Waals surface area contributed by atoms with E-state index in [0.717, 1.165) is 22.4 Å². The summed E-state index contributed by atoms with van der Waals surface area (Å²) in [6.07, 6.45) is 0. The maximum absolute atomic E-state index is 4.84. The Kier molecular flexibility index (Phi) is 3.41. The maximum atomic E-state index is 4.84. The molecule has 0 aliphatic heterocycles. The molecule has 5 heteroatoms. The fraction of sp³-hybridized carbons (Fsp3) is 0.0625. The Hall–Kier alpha value is -1.43. The summed E-state index contributed by atoms with van der Waals surface area (Å²) in [5, 5.41) is 4.22. The summed E-state index contributed by atoms with van der Waals surface area (Å²) in [6, 6.07) is 14.8. The minimum atomic E-state index is 0.864. The van der Waals surface area contributed by atoms with Crippen molar-refractivity contribution in [3.8, 4) is 10.7 Å². The van der Waals surface area contributed by atoms with Gasteiger partial charge in [0.05, 0.1) is 22.5 Å². The molecule has 0 fully saturated rings. The molecule has 0 saturated carbocycles. The van der Waals surface area contributed by atoms with E-state index in [9.17, 15) is 0 Å². The van der Waals surface area contributed by atoms with Crippen LogP contribution in [0.4, 0.5) is 0 Å². The molecule has 0 amide bonds. The quantitative estimate of drug-likeness (QED) is 0.453. The van der Waals surface area contributed by atoms with Crippen LogP contribution >= 0.6 is 38.6 Å². The van der Waals surface area contributed by atoms with Gasteiger partial charge >= 0.3 is 0 Å². The van der Waals surface area contributed by atoms with Crippen molar-refractivity contribution >= 4 is 49.6 Å². The first-order chi connectivity index (χ1) is 10.3. The lowest BCUT2D eigenvalue weighted by Crippen LogP contribution is -1.99. The SMILES string of the molecule is Brc1ccc2c(c1)nc(-c1cccs1)n2Cc1cccs1. The molecule has 104 valence electrons. The van der Waals surface area contributed by atoms with Crippen LogP contribution in [0.2, 0.25) is 0 Å². The van der Waals surface area contributed by atoms with E-state index in [1.54, 1.807) is 22.7 Å². The molecule has 0 aliphatic rings. The normalized spacial score (nSPS) is 11.3. The zero-order valence-electron chi connectivity index (χ0n) is 11.0. The molecule has 0 saturated heterocycles. The second-order valence-electron chi connectivity index (χ2n) is 4.71. The van der Waals surface area contributed by atoms with E-state index in [4.69, 9.17) is 4.98 Å². The minimum Gasteiger partial charge on any atom is -0.318 e. The summed E-state index contributed by atoms with van der Waals surface area (Å²) < 4.78 is 3.37. The Morgan fingerprint density at radius 2 is 1.90 bits per heavy atom. The molecule has 0 radical (unpaired) electrons. The van der Waals surface area contributed by atoms with Crippen LogP contribution in [-0.4, -0.2) is 9.55 Å². The van der Waals surface area contributed by atoms with Gasteiger partial charge in [0.2, 0.25) is 0 Å². The van der Waals surface area contributed by atoms with E-state index >= 15 is 0 Å². The zero-order valence-corrected chi connectivity index (χ0v) is 14.2. The fourth-order valence-corrected chi connectivity index (χ4v) is 4.18. The number of rotatable bonds is 3. The second kappa shape index (κ2) is 5.40. The largest absolute Gasteiger partial charge is 0.318 e. The summed E-state index contributed by atoms with van der Waals surface area (Å²) in [6.45, 7) is 0.864. The van der Waals surface area contributed by atoms with Crippen molar-refractivity contribution in [2.75, 3.05) is 0 Å². The predicted octanol–water partition coefficient (Wildman–Crippen LogP) is 5.64. The first-order valence-corrected chi connectivity index (χ1v) is 9.08. The number of benzene rings is 1. The van der Waals surface area contributed by atoms with Gasteiger partial charge in [-0.2, -0.15) is 0 Å². The molecule has 3 aromatic heterocycles. The van der Waals surface area contributed by atoms with E-state index < -0.39 is 0 Å². The number of hydrogen-bond acceptors (Lipinski definition) is 3. The van der Waals surface area contributed by atoms with E-state index in [0.29, 0.717) is 0 Å². The van der Waals surface area contributed by atoms with E-state index in [2.05, 4.69) is 73.7 Å². The molecule has 0 N–H and O–H groups in total. The lowest BCUT2D eigenvalue weighted by atomic mass is 10.3. The van der Waals surface area contributed by atoms with Crippen LogP contribution in [0.3, 0.4) is 0 Å². The highest BCUT2D eigenvalue weighted by Gasteiger charge is 2.14. The highest BCUT2D eigenvalue weighted by molar-refractivity contribution is 9.10. The molecule has 1 aromatic carbocycles. The van der Waals surface area contributed by atoms with Gasteiger partial charge in [-0.05, 0) is 41.1 Å². The average Bonchev–Trinajstić information content (AvgIpc) is 3.19. The van der Waals surface area contributed by atoms with Crippen molar-refractivity contribution in [2.24, 2.45) is 0 Å². The highest BCUT2D eigenvalue weighted by Crippen LogP contribution is 2.30. The van der Waals surface area contributed by atoms with Gasteiger partial charge in [-0.25, -0.2) is 4.98 Å². The van der Waals surface area contributed by atoms with Crippen molar-refractivity contribution in [1.82, 2.24) is 9.55 Å². The summed E-state index contributed by atoms with van der Waals surface area (Å²) >= 11 is 7.05. The van der Waals surface area contributed by atoms with Gasteiger partial charge in [-0.15, -0.1) is 22.7 Å². The third-order valence-electron chi connectivity index (χ3n) is 3.35. The van der Waals surface area contributed by atoms with Crippen LogP contribution < -0.4 is 0 Å². The third kappa shape index (κ3) is 2.46. The van der Waals surface area contributed by atoms with Gasteiger partial charge in [0.15, 0.2) is 5.82 Å². The van der Waals surface area contributed by atoms with E-state index in [-0.39, 0.29) is 0 Å². The summed E-state index contributed by atoms with van der Waals surface area (Å²) in [5.74, 6) is 1.05. The number of hydrogen-bond donors (Lipinski definition) is 0. The lowest BCUT2D eigenvalue weighted by molar-refractivity contribution is 0.850. The molecule has 0 unspecified atom stereocenters. The molecular formula is C16H11BrN2S2. The first kappa shape index (κ1) is 13.2.